The van der Waals surface area contributed by atoms with Gasteiger partial charge in [-0.25, -0.2) is 4.98 Å². The van der Waals surface area contributed by atoms with E-state index in [1.54, 1.807) is 27.0 Å². The van der Waals surface area contributed by atoms with Gasteiger partial charge in [0.25, 0.3) is 11.8 Å². The molecule has 0 aromatic carbocycles. The highest BCUT2D eigenvalue weighted by atomic mass is 19.3. The van der Waals surface area contributed by atoms with E-state index in [-0.39, 0.29) is 30.4 Å². The standard InChI is InChI=1S/C22H28F3N7O2/c1-13-17(10-32(31-13)21(2,3)12-26)29-20-27-9-16(23)18(30-20)34-11-14-5-7-15(8-6-14)28-19(33)22(4,24)25/h9-10,14-15H,5-8,11H2,1-4H3,(H,28,33)(H,27,29,30)/t14-,15-. The summed E-state index contributed by atoms with van der Waals surface area (Å²) in [6.45, 7) is 5.98. The van der Waals surface area contributed by atoms with Gasteiger partial charge >= 0.3 is 5.92 Å². The van der Waals surface area contributed by atoms with Crippen LogP contribution < -0.4 is 15.4 Å². The van der Waals surface area contributed by atoms with E-state index in [4.69, 9.17) is 4.74 Å². The Kier molecular flexibility index (Phi) is 7.33. The summed E-state index contributed by atoms with van der Waals surface area (Å²) in [6.07, 6.45) is 5.02. The molecule has 0 atom stereocenters. The summed E-state index contributed by atoms with van der Waals surface area (Å²) in [5.74, 6) is -5.40. The summed E-state index contributed by atoms with van der Waals surface area (Å²) >= 11 is 0. The molecular weight excluding hydrogens is 451 g/mol. The number of nitriles is 1. The van der Waals surface area contributed by atoms with Crippen molar-refractivity contribution in [3.8, 4) is 11.9 Å². The van der Waals surface area contributed by atoms with Gasteiger partial charge in [-0.1, -0.05) is 0 Å². The number of amides is 1. The SMILES string of the molecule is Cc1nn(C(C)(C)C#N)cc1Nc1ncc(F)c(OC[C@H]2CC[C@H](NC(=O)C(C)(F)F)CC2)n1. The molecule has 0 radical (unpaired) electrons. The van der Waals surface area contributed by atoms with Crippen molar-refractivity contribution >= 4 is 17.5 Å². The largest absolute Gasteiger partial charge is 0.475 e. The topological polar surface area (TPSA) is 118 Å². The summed E-state index contributed by atoms with van der Waals surface area (Å²) in [7, 11) is 0. The van der Waals surface area contributed by atoms with E-state index in [1.165, 1.54) is 4.68 Å². The summed E-state index contributed by atoms with van der Waals surface area (Å²) in [6, 6.07) is 1.85. The molecule has 3 rings (SSSR count). The molecule has 0 saturated heterocycles. The number of rotatable bonds is 8. The Hall–Kier alpha value is -3.36. The van der Waals surface area contributed by atoms with E-state index in [0.717, 1.165) is 6.20 Å². The summed E-state index contributed by atoms with van der Waals surface area (Å²) in [5, 5.41) is 19.0. The molecule has 0 aliphatic heterocycles. The maximum atomic E-state index is 14.2. The zero-order valence-corrected chi connectivity index (χ0v) is 19.5. The number of anilines is 2. The monoisotopic (exact) mass is 479 g/mol. The maximum Gasteiger partial charge on any atom is 0.321 e. The van der Waals surface area contributed by atoms with Crippen LogP contribution in [0.25, 0.3) is 0 Å². The Morgan fingerprint density at radius 1 is 1.29 bits per heavy atom. The number of hydrogen-bond acceptors (Lipinski definition) is 7. The number of aromatic nitrogens is 4. The summed E-state index contributed by atoms with van der Waals surface area (Å²) in [4.78, 5) is 19.5. The fraction of sp³-hybridized carbons (Fsp3) is 0.591. The molecule has 184 valence electrons. The van der Waals surface area contributed by atoms with Crippen LogP contribution in [0.15, 0.2) is 12.4 Å². The van der Waals surface area contributed by atoms with Crippen molar-refractivity contribution in [1.29, 1.82) is 5.26 Å². The minimum Gasteiger partial charge on any atom is -0.475 e. The first-order valence-corrected chi connectivity index (χ1v) is 11.0. The second-order valence-electron chi connectivity index (χ2n) is 9.11. The van der Waals surface area contributed by atoms with E-state index >= 15 is 0 Å². The van der Waals surface area contributed by atoms with E-state index in [9.17, 15) is 23.2 Å². The maximum absolute atomic E-state index is 14.2. The van der Waals surface area contributed by atoms with Crippen LogP contribution in [0.1, 0.15) is 52.1 Å². The molecule has 1 aliphatic rings. The molecule has 2 aromatic rings. The van der Waals surface area contributed by atoms with Crippen LogP contribution in [-0.2, 0) is 10.3 Å². The lowest BCUT2D eigenvalue weighted by Crippen LogP contribution is -2.45. The van der Waals surface area contributed by atoms with Crippen molar-refractivity contribution in [3.63, 3.8) is 0 Å². The van der Waals surface area contributed by atoms with Crippen LogP contribution in [0.5, 0.6) is 5.88 Å². The lowest BCUT2D eigenvalue weighted by Gasteiger charge is -2.29. The van der Waals surface area contributed by atoms with Crippen LogP contribution in [0.2, 0.25) is 0 Å². The molecular formula is C22H28F3N7O2. The van der Waals surface area contributed by atoms with E-state index in [2.05, 4.69) is 31.8 Å². The van der Waals surface area contributed by atoms with Gasteiger partial charge in [-0.3, -0.25) is 9.48 Å². The number of halogens is 3. The van der Waals surface area contributed by atoms with Crippen molar-refractivity contribution in [2.45, 2.75) is 70.9 Å². The van der Waals surface area contributed by atoms with E-state index in [0.29, 0.717) is 44.0 Å². The quantitative estimate of drug-likeness (QED) is 0.591. The van der Waals surface area contributed by atoms with Gasteiger partial charge in [-0.05, 0) is 52.4 Å². The zero-order valence-electron chi connectivity index (χ0n) is 19.5. The average Bonchev–Trinajstić information content (AvgIpc) is 3.15. The third-order valence-corrected chi connectivity index (χ3v) is 5.74. The number of nitrogens with zero attached hydrogens (tertiary/aromatic N) is 5. The van der Waals surface area contributed by atoms with Crippen LogP contribution in [0.3, 0.4) is 0 Å². The number of nitrogens with one attached hydrogen (secondary N) is 2. The molecule has 9 nitrogen and oxygen atoms in total. The van der Waals surface area contributed by atoms with Crippen LogP contribution >= 0.6 is 0 Å². The van der Waals surface area contributed by atoms with Gasteiger partial charge in [0.2, 0.25) is 11.8 Å². The van der Waals surface area contributed by atoms with Crippen molar-refractivity contribution in [1.82, 2.24) is 25.1 Å². The molecule has 2 heterocycles. The Morgan fingerprint density at radius 2 is 1.97 bits per heavy atom. The van der Waals surface area contributed by atoms with Gasteiger partial charge in [-0.15, -0.1) is 0 Å². The van der Waals surface area contributed by atoms with Crippen LogP contribution in [0, 0.1) is 30.0 Å². The van der Waals surface area contributed by atoms with Gasteiger partial charge in [-0.2, -0.15) is 28.5 Å². The van der Waals surface area contributed by atoms with Gasteiger partial charge < -0.3 is 15.4 Å². The van der Waals surface area contributed by atoms with Crippen molar-refractivity contribution in [3.05, 3.63) is 23.9 Å². The van der Waals surface area contributed by atoms with Gasteiger partial charge in [0.05, 0.1) is 36.5 Å². The Balaban J connectivity index is 1.57. The predicted octanol–water partition coefficient (Wildman–Crippen LogP) is 3.83. The minimum absolute atomic E-state index is 0.0785. The Bertz CT molecular complexity index is 1070. The second kappa shape index (κ2) is 9.87. The molecule has 1 aliphatic carbocycles. The molecule has 2 N–H and O–H groups in total. The van der Waals surface area contributed by atoms with Crippen molar-refractivity contribution < 1.29 is 22.7 Å². The molecule has 0 unspecified atom stereocenters. The highest BCUT2D eigenvalue weighted by Gasteiger charge is 2.34. The number of ether oxygens (including phenoxy) is 1. The number of alkyl halides is 2. The first-order chi connectivity index (χ1) is 15.9. The molecule has 2 aromatic heterocycles. The Labute approximate surface area is 195 Å². The fourth-order valence-electron chi connectivity index (χ4n) is 3.54. The van der Waals surface area contributed by atoms with E-state index in [1.807, 2.05) is 0 Å². The highest BCUT2D eigenvalue weighted by molar-refractivity contribution is 5.83. The predicted molar refractivity (Wildman–Crippen MR) is 117 cm³/mol. The summed E-state index contributed by atoms with van der Waals surface area (Å²) < 4.78 is 47.4. The normalized spacial score (nSPS) is 18.8. The lowest BCUT2D eigenvalue weighted by atomic mass is 9.86. The minimum atomic E-state index is -3.40. The Morgan fingerprint density at radius 3 is 2.59 bits per heavy atom. The molecule has 0 spiro atoms. The summed E-state index contributed by atoms with van der Waals surface area (Å²) in [5.41, 5.74) is 0.337. The van der Waals surface area contributed by atoms with Crippen LogP contribution in [-0.4, -0.2) is 44.2 Å². The van der Waals surface area contributed by atoms with Gasteiger partial charge in [0.15, 0.2) is 0 Å². The van der Waals surface area contributed by atoms with Crippen LogP contribution in [0.4, 0.5) is 24.8 Å². The first kappa shape index (κ1) is 25.3. The third-order valence-electron chi connectivity index (χ3n) is 5.74. The molecule has 12 heteroatoms. The molecule has 0 bridgehead atoms. The molecule has 34 heavy (non-hydrogen) atoms. The molecule has 1 fully saturated rings. The number of aryl methyl sites for hydroxylation is 1. The van der Waals surface area contributed by atoms with E-state index < -0.39 is 23.2 Å². The smallest absolute Gasteiger partial charge is 0.321 e. The lowest BCUT2D eigenvalue weighted by molar-refractivity contribution is -0.144. The second-order valence-corrected chi connectivity index (χ2v) is 9.11. The van der Waals surface area contributed by atoms with Crippen molar-refractivity contribution in [2.24, 2.45) is 5.92 Å². The highest BCUT2D eigenvalue weighted by Crippen LogP contribution is 2.27. The van der Waals surface area contributed by atoms with Gasteiger partial charge in [0, 0.05) is 13.0 Å². The third kappa shape index (κ3) is 6.15. The number of carbonyl (C=O) groups excluding carboxylic acids is 1. The van der Waals surface area contributed by atoms with Gasteiger partial charge in [0.1, 0.15) is 5.54 Å². The zero-order chi connectivity index (χ0) is 25.1. The molecule has 1 saturated carbocycles. The number of hydrogen-bond donors (Lipinski definition) is 2. The average molecular weight is 480 g/mol. The van der Waals surface area contributed by atoms with Crippen molar-refractivity contribution in [2.75, 3.05) is 11.9 Å². The molecule has 1 amide bonds. The number of carbonyl (C=O) groups is 1. The fourth-order valence-corrected chi connectivity index (χ4v) is 3.54. The first-order valence-electron chi connectivity index (χ1n) is 11.0.